The number of carbonyl (C=O) groups is 1. The van der Waals surface area contributed by atoms with Gasteiger partial charge in [-0.25, -0.2) is 4.68 Å². The Bertz CT molecular complexity index is 755. The maximum atomic E-state index is 12.6. The van der Waals surface area contributed by atoms with E-state index < -0.39 is 0 Å². The monoisotopic (exact) mass is 359 g/mol. The topological polar surface area (TPSA) is 90.3 Å². The number of amides is 1. The van der Waals surface area contributed by atoms with Crippen molar-refractivity contribution >= 4 is 5.91 Å². The van der Waals surface area contributed by atoms with Crippen LogP contribution in [0.2, 0.25) is 0 Å². The van der Waals surface area contributed by atoms with E-state index >= 15 is 0 Å². The third-order valence-corrected chi connectivity index (χ3v) is 4.68. The van der Waals surface area contributed by atoms with Crippen LogP contribution in [-0.4, -0.2) is 48.2 Å². The number of nitrogens with one attached hydrogen (secondary N) is 2. The molecule has 1 unspecified atom stereocenters. The Hall–Kier alpha value is -2.61. The molecule has 1 aliphatic heterocycles. The van der Waals surface area contributed by atoms with Crippen molar-refractivity contribution in [2.45, 2.75) is 31.8 Å². The second-order valence-corrected chi connectivity index (χ2v) is 6.37. The molecule has 1 fully saturated rings. The number of piperidine rings is 1. The highest BCUT2D eigenvalue weighted by Gasteiger charge is 2.21. The Morgan fingerprint density at radius 2 is 2.08 bits per heavy atom. The zero-order valence-electron chi connectivity index (χ0n) is 15.4. The van der Waals surface area contributed by atoms with Gasteiger partial charge in [-0.3, -0.25) is 4.79 Å². The van der Waals surface area contributed by atoms with Gasteiger partial charge in [-0.2, -0.15) is 0 Å². The molecule has 8 nitrogen and oxygen atoms in total. The third-order valence-electron chi connectivity index (χ3n) is 4.68. The highest BCUT2D eigenvalue weighted by Crippen LogP contribution is 2.29. The van der Waals surface area contributed by atoms with Crippen LogP contribution in [0.15, 0.2) is 24.4 Å². The summed E-state index contributed by atoms with van der Waals surface area (Å²) in [5.41, 5.74) is 1.16. The van der Waals surface area contributed by atoms with E-state index in [1.165, 1.54) is 0 Å². The van der Waals surface area contributed by atoms with E-state index in [4.69, 9.17) is 9.47 Å². The minimum atomic E-state index is -0.267. The van der Waals surface area contributed by atoms with Crippen molar-refractivity contribution in [2.24, 2.45) is 0 Å². The third kappa shape index (κ3) is 3.96. The van der Waals surface area contributed by atoms with Crippen LogP contribution in [0.3, 0.4) is 0 Å². The first-order chi connectivity index (χ1) is 12.6. The van der Waals surface area contributed by atoms with Gasteiger partial charge >= 0.3 is 0 Å². The van der Waals surface area contributed by atoms with Gasteiger partial charge in [-0.05, 0) is 51.1 Å². The van der Waals surface area contributed by atoms with Crippen LogP contribution in [0.1, 0.15) is 47.9 Å². The van der Waals surface area contributed by atoms with Crippen LogP contribution in [0, 0.1) is 0 Å². The first-order valence-corrected chi connectivity index (χ1v) is 8.77. The summed E-state index contributed by atoms with van der Waals surface area (Å²) in [7, 11) is 3.21. The number of nitrogens with zero attached hydrogens (tertiary/aromatic N) is 3. The lowest BCUT2D eigenvalue weighted by molar-refractivity contribution is 0.0934. The van der Waals surface area contributed by atoms with E-state index in [1.807, 2.05) is 25.1 Å². The molecule has 2 aromatic rings. The van der Waals surface area contributed by atoms with Gasteiger partial charge in [-0.1, -0.05) is 5.21 Å². The summed E-state index contributed by atoms with van der Waals surface area (Å²) >= 11 is 0. The van der Waals surface area contributed by atoms with E-state index in [0.717, 1.165) is 31.5 Å². The lowest BCUT2D eigenvalue weighted by Crippen LogP contribution is -2.29. The van der Waals surface area contributed by atoms with Gasteiger partial charge in [0.05, 0.1) is 32.5 Å². The maximum absolute atomic E-state index is 12.6. The Morgan fingerprint density at radius 3 is 2.77 bits per heavy atom. The Kier molecular flexibility index (Phi) is 5.72. The van der Waals surface area contributed by atoms with E-state index in [2.05, 4.69) is 20.9 Å². The summed E-state index contributed by atoms with van der Waals surface area (Å²) in [6.07, 6.45) is 3.70. The summed E-state index contributed by atoms with van der Waals surface area (Å²) in [4.78, 5) is 12.6. The van der Waals surface area contributed by atoms with E-state index in [-0.39, 0.29) is 11.9 Å². The molecule has 0 bridgehead atoms. The van der Waals surface area contributed by atoms with Crippen LogP contribution >= 0.6 is 0 Å². The molecule has 1 saturated heterocycles. The summed E-state index contributed by atoms with van der Waals surface area (Å²) < 4.78 is 12.5. The fraction of sp³-hybridized carbons (Fsp3) is 0.500. The van der Waals surface area contributed by atoms with Crippen LogP contribution in [0.4, 0.5) is 0 Å². The number of methoxy groups -OCH3 is 2. The van der Waals surface area contributed by atoms with Crippen molar-refractivity contribution in [3.8, 4) is 11.5 Å². The molecular formula is C18H25N5O3. The molecule has 1 aliphatic rings. The molecule has 0 saturated carbocycles. The van der Waals surface area contributed by atoms with E-state index in [1.54, 1.807) is 25.1 Å². The molecule has 3 rings (SSSR count). The summed E-state index contributed by atoms with van der Waals surface area (Å²) in [6.45, 7) is 3.81. The number of ether oxygens (including phenoxy) is 2. The molecule has 2 N–H and O–H groups in total. The standard InChI is InChI=1S/C18H25N5O3/c1-12(15-10-14(25-2)4-5-17(15)26-3)20-18(24)16-11-23(22-21-16)13-6-8-19-9-7-13/h4-5,10-13,19H,6-9H2,1-3H3,(H,20,24). The number of carbonyl (C=O) groups excluding carboxylic acids is 1. The zero-order chi connectivity index (χ0) is 18.5. The van der Waals surface area contributed by atoms with Gasteiger partial charge < -0.3 is 20.1 Å². The van der Waals surface area contributed by atoms with Crippen LogP contribution in [-0.2, 0) is 0 Å². The van der Waals surface area contributed by atoms with E-state index in [0.29, 0.717) is 23.2 Å². The lowest BCUT2D eigenvalue weighted by Gasteiger charge is -2.22. The second-order valence-electron chi connectivity index (χ2n) is 6.37. The van der Waals surface area contributed by atoms with Crippen LogP contribution in [0.5, 0.6) is 11.5 Å². The minimum absolute atomic E-state index is 0.262. The molecule has 2 heterocycles. The van der Waals surface area contributed by atoms with Crippen molar-refractivity contribution in [1.29, 1.82) is 0 Å². The van der Waals surface area contributed by atoms with Crippen molar-refractivity contribution in [2.75, 3.05) is 27.3 Å². The molecular weight excluding hydrogens is 334 g/mol. The quantitative estimate of drug-likeness (QED) is 0.816. The lowest BCUT2D eigenvalue weighted by atomic mass is 10.1. The SMILES string of the molecule is COc1ccc(OC)c(C(C)NC(=O)c2cn(C3CCNCC3)nn2)c1. The van der Waals surface area contributed by atoms with Gasteiger partial charge in [0.1, 0.15) is 11.5 Å². The molecule has 0 aliphatic carbocycles. The highest BCUT2D eigenvalue weighted by molar-refractivity contribution is 5.92. The maximum Gasteiger partial charge on any atom is 0.273 e. The second kappa shape index (κ2) is 8.18. The van der Waals surface area contributed by atoms with Gasteiger partial charge in [-0.15, -0.1) is 5.10 Å². The first-order valence-electron chi connectivity index (χ1n) is 8.77. The molecule has 1 aromatic heterocycles. The highest BCUT2D eigenvalue weighted by atomic mass is 16.5. The average molecular weight is 359 g/mol. The Balaban J connectivity index is 1.70. The molecule has 140 valence electrons. The summed E-state index contributed by atoms with van der Waals surface area (Å²) in [5, 5.41) is 14.4. The molecule has 8 heteroatoms. The minimum Gasteiger partial charge on any atom is -0.497 e. The fourth-order valence-corrected chi connectivity index (χ4v) is 3.16. The zero-order valence-corrected chi connectivity index (χ0v) is 15.4. The molecule has 26 heavy (non-hydrogen) atoms. The normalized spacial score (nSPS) is 16.1. The number of benzene rings is 1. The largest absolute Gasteiger partial charge is 0.497 e. The van der Waals surface area contributed by atoms with E-state index in [9.17, 15) is 4.79 Å². The van der Waals surface area contributed by atoms with Crippen molar-refractivity contribution in [1.82, 2.24) is 25.6 Å². The fourth-order valence-electron chi connectivity index (χ4n) is 3.16. The smallest absolute Gasteiger partial charge is 0.273 e. The van der Waals surface area contributed by atoms with Gasteiger partial charge in [0.2, 0.25) is 0 Å². The van der Waals surface area contributed by atoms with Crippen LogP contribution in [0.25, 0.3) is 0 Å². The van der Waals surface area contributed by atoms with Gasteiger partial charge in [0.25, 0.3) is 5.91 Å². The first kappa shape index (κ1) is 18.2. The number of aromatic nitrogens is 3. The molecule has 1 aromatic carbocycles. The average Bonchev–Trinajstić information content (AvgIpc) is 3.18. The van der Waals surface area contributed by atoms with Gasteiger partial charge in [0, 0.05) is 5.56 Å². The number of rotatable bonds is 6. The van der Waals surface area contributed by atoms with Gasteiger partial charge in [0.15, 0.2) is 5.69 Å². The predicted molar refractivity (Wildman–Crippen MR) is 96.6 cm³/mol. The molecule has 0 spiro atoms. The summed E-state index contributed by atoms with van der Waals surface area (Å²) in [6, 6.07) is 5.53. The number of hydrogen-bond acceptors (Lipinski definition) is 6. The number of hydrogen-bond donors (Lipinski definition) is 2. The molecule has 1 atom stereocenters. The van der Waals surface area contributed by atoms with Crippen molar-refractivity contribution < 1.29 is 14.3 Å². The predicted octanol–water partition coefficient (Wildman–Crippen LogP) is 1.71. The molecule has 0 radical (unpaired) electrons. The van der Waals surface area contributed by atoms with Crippen molar-refractivity contribution in [3.05, 3.63) is 35.7 Å². The van der Waals surface area contributed by atoms with Crippen LogP contribution < -0.4 is 20.1 Å². The summed E-state index contributed by atoms with van der Waals surface area (Å²) in [5.74, 6) is 1.14. The van der Waals surface area contributed by atoms with Crippen molar-refractivity contribution in [3.63, 3.8) is 0 Å². The Morgan fingerprint density at radius 1 is 1.31 bits per heavy atom. The molecule has 1 amide bonds. The Labute approximate surface area is 152 Å².